The highest BCUT2D eigenvalue weighted by Crippen LogP contribution is 2.21. The van der Waals surface area contributed by atoms with Gasteiger partial charge in [0.15, 0.2) is 5.69 Å². The van der Waals surface area contributed by atoms with Crippen LogP contribution in [0.5, 0.6) is 0 Å². The lowest BCUT2D eigenvalue weighted by Gasteiger charge is -2.36. The van der Waals surface area contributed by atoms with Gasteiger partial charge in [-0.3, -0.25) is 9.69 Å². The second-order valence-electron chi connectivity index (χ2n) is 6.96. The van der Waals surface area contributed by atoms with Crippen LogP contribution in [-0.2, 0) is 4.74 Å². The molecule has 3 rings (SSSR count). The van der Waals surface area contributed by atoms with E-state index in [0.717, 1.165) is 31.9 Å². The highest BCUT2D eigenvalue weighted by Gasteiger charge is 2.25. The van der Waals surface area contributed by atoms with Crippen LogP contribution in [-0.4, -0.2) is 54.7 Å². The first kappa shape index (κ1) is 18.6. The zero-order valence-electron chi connectivity index (χ0n) is 15.7. The number of hydrogen-bond donors (Lipinski definition) is 1. The van der Waals surface area contributed by atoms with Gasteiger partial charge >= 0.3 is 0 Å². The van der Waals surface area contributed by atoms with E-state index in [0.29, 0.717) is 29.8 Å². The van der Waals surface area contributed by atoms with Crippen molar-refractivity contribution in [2.75, 3.05) is 32.8 Å². The standard InChI is InChI=1S/C20H27N3O3/c1-14(2)17(23-9-11-25-12-10-23)13-21-19(24)18-15(3)26-20(22-18)16-7-5-4-6-8-16/h4-8,14,17H,9-13H2,1-3H3,(H,21,24). The Morgan fingerprint density at radius 2 is 1.92 bits per heavy atom. The predicted octanol–water partition coefficient (Wildman–Crippen LogP) is 2.74. The topological polar surface area (TPSA) is 67.6 Å². The molecule has 1 aliphatic rings. The Morgan fingerprint density at radius 3 is 2.58 bits per heavy atom. The van der Waals surface area contributed by atoms with Crippen LogP contribution in [0.25, 0.3) is 11.5 Å². The summed E-state index contributed by atoms with van der Waals surface area (Å²) in [7, 11) is 0. The molecule has 1 aromatic heterocycles. The van der Waals surface area contributed by atoms with Crippen molar-refractivity contribution in [2.45, 2.75) is 26.8 Å². The molecule has 1 unspecified atom stereocenters. The third kappa shape index (κ3) is 4.31. The average Bonchev–Trinajstić information content (AvgIpc) is 3.05. The third-order valence-corrected chi connectivity index (χ3v) is 4.79. The SMILES string of the molecule is Cc1oc(-c2ccccc2)nc1C(=O)NCC(C(C)C)N1CCOCC1. The predicted molar refractivity (Wildman–Crippen MR) is 100 cm³/mol. The monoisotopic (exact) mass is 357 g/mol. The molecular weight excluding hydrogens is 330 g/mol. The van der Waals surface area contributed by atoms with Gasteiger partial charge in [0.2, 0.25) is 5.89 Å². The molecule has 1 atom stereocenters. The number of aromatic nitrogens is 1. The van der Waals surface area contributed by atoms with Crippen molar-refractivity contribution in [2.24, 2.45) is 5.92 Å². The van der Waals surface area contributed by atoms with E-state index in [1.807, 2.05) is 30.3 Å². The number of amides is 1. The quantitative estimate of drug-likeness (QED) is 0.861. The lowest BCUT2D eigenvalue weighted by molar-refractivity contribution is 0.00671. The molecule has 0 radical (unpaired) electrons. The zero-order valence-corrected chi connectivity index (χ0v) is 15.7. The van der Waals surface area contributed by atoms with Crippen LogP contribution < -0.4 is 5.32 Å². The average molecular weight is 357 g/mol. The first-order chi connectivity index (χ1) is 12.6. The molecule has 26 heavy (non-hydrogen) atoms. The van der Waals surface area contributed by atoms with Gasteiger partial charge in [0.1, 0.15) is 5.76 Å². The summed E-state index contributed by atoms with van der Waals surface area (Å²) in [6, 6.07) is 9.89. The molecule has 1 aromatic carbocycles. The molecule has 1 saturated heterocycles. The minimum absolute atomic E-state index is 0.188. The van der Waals surface area contributed by atoms with E-state index in [4.69, 9.17) is 9.15 Å². The number of ether oxygens (including phenoxy) is 1. The second-order valence-corrected chi connectivity index (χ2v) is 6.96. The Hall–Kier alpha value is -2.18. The number of nitrogens with zero attached hydrogens (tertiary/aromatic N) is 2. The zero-order chi connectivity index (χ0) is 18.5. The maximum atomic E-state index is 12.6. The van der Waals surface area contributed by atoms with Crippen molar-refractivity contribution >= 4 is 5.91 Å². The smallest absolute Gasteiger partial charge is 0.273 e. The Morgan fingerprint density at radius 1 is 1.23 bits per heavy atom. The van der Waals surface area contributed by atoms with Crippen LogP contribution >= 0.6 is 0 Å². The van der Waals surface area contributed by atoms with E-state index < -0.39 is 0 Å². The Kier molecular flexibility index (Phi) is 6.06. The Balaban J connectivity index is 1.66. The minimum Gasteiger partial charge on any atom is -0.441 e. The number of carbonyl (C=O) groups excluding carboxylic acids is 1. The molecule has 1 N–H and O–H groups in total. The summed E-state index contributed by atoms with van der Waals surface area (Å²) in [6.45, 7) is 10.0. The number of carbonyl (C=O) groups is 1. The van der Waals surface area contributed by atoms with E-state index in [1.54, 1.807) is 6.92 Å². The molecule has 0 bridgehead atoms. The van der Waals surface area contributed by atoms with Crippen molar-refractivity contribution in [1.29, 1.82) is 0 Å². The van der Waals surface area contributed by atoms with Crippen LogP contribution in [0.4, 0.5) is 0 Å². The molecule has 6 heteroatoms. The number of aryl methyl sites for hydroxylation is 1. The van der Waals surface area contributed by atoms with E-state index in [-0.39, 0.29) is 11.9 Å². The summed E-state index contributed by atoms with van der Waals surface area (Å²) in [4.78, 5) is 19.4. The lowest BCUT2D eigenvalue weighted by Crippen LogP contribution is -2.51. The summed E-state index contributed by atoms with van der Waals surface area (Å²) in [5.41, 5.74) is 1.22. The van der Waals surface area contributed by atoms with Crippen molar-refractivity contribution in [3.8, 4) is 11.5 Å². The summed E-state index contributed by atoms with van der Waals surface area (Å²) < 4.78 is 11.1. The number of benzene rings is 1. The highest BCUT2D eigenvalue weighted by molar-refractivity contribution is 5.93. The fourth-order valence-corrected chi connectivity index (χ4v) is 3.29. The number of hydrogen-bond acceptors (Lipinski definition) is 5. The van der Waals surface area contributed by atoms with Gasteiger partial charge in [0.25, 0.3) is 5.91 Å². The Bertz CT molecular complexity index is 721. The first-order valence-electron chi connectivity index (χ1n) is 9.19. The molecule has 0 saturated carbocycles. The van der Waals surface area contributed by atoms with Gasteiger partial charge in [-0.15, -0.1) is 0 Å². The molecule has 2 heterocycles. The summed E-state index contributed by atoms with van der Waals surface area (Å²) in [6.07, 6.45) is 0. The van der Waals surface area contributed by atoms with Crippen molar-refractivity contribution < 1.29 is 13.9 Å². The highest BCUT2D eigenvalue weighted by atomic mass is 16.5. The molecule has 1 fully saturated rings. The largest absolute Gasteiger partial charge is 0.441 e. The molecule has 1 aliphatic heterocycles. The van der Waals surface area contributed by atoms with Crippen LogP contribution in [0.1, 0.15) is 30.1 Å². The molecule has 0 aliphatic carbocycles. The number of nitrogens with one attached hydrogen (secondary N) is 1. The van der Waals surface area contributed by atoms with Gasteiger partial charge in [-0.05, 0) is 25.0 Å². The molecule has 1 amide bonds. The number of morpholine rings is 1. The van der Waals surface area contributed by atoms with Gasteiger partial charge in [0, 0.05) is 31.2 Å². The van der Waals surface area contributed by atoms with E-state index in [9.17, 15) is 4.79 Å². The third-order valence-electron chi connectivity index (χ3n) is 4.79. The van der Waals surface area contributed by atoms with Gasteiger partial charge in [-0.1, -0.05) is 32.0 Å². The van der Waals surface area contributed by atoms with Crippen LogP contribution in [0.15, 0.2) is 34.7 Å². The fourth-order valence-electron chi connectivity index (χ4n) is 3.29. The Labute approximate surface area is 154 Å². The molecule has 2 aromatic rings. The van der Waals surface area contributed by atoms with Gasteiger partial charge in [-0.25, -0.2) is 4.98 Å². The molecular formula is C20H27N3O3. The van der Waals surface area contributed by atoms with Gasteiger partial charge < -0.3 is 14.5 Å². The summed E-state index contributed by atoms with van der Waals surface area (Å²) >= 11 is 0. The molecule has 6 nitrogen and oxygen atoms in total. The van der Waals surface area contributed by atoms with Gasteiger partial charge in [0.05, 0.1) is 13.2 Å². The van der Waals surface area contributed by atoms with Crippen molar-refractivity contribution in [3.05, 3.63) is 41.8 Å². The molecule has 140 valence electrons. The maximum Gasteiger partial charge on any atom is 0.273 e. The summed E-state index contributed by atoms with van der Waals surface area (Å²) in [5.74, 6) is 1.26. The van der Waals surface area contributed by atoms with Crippen molar-refractivity contribution in [3.63, 3.8) is 0 Å². The van der Waals surface area contributed by atoms with Crippen LogP contribution in [0.2, 0.25) is 0 Å². The van der Waals surface area contributed by atoms with Crippen LogP contribution in [0, 0.1) is 12.8 Å². The molecule has 0 spiro atoms. The maximum absolute atomic E-state index is 12.6. The summed E-state index contributed by atoms with van der Waals surface area (Å²) in [5, 5.41) is 3.04. The second kappa shape index (κ2) is 8.47. The fraction of sp³-hybridized carbons (Fsp3) is 0.500. The van der Waals surface area contributed by atoms with E-state index in [1.165, 1.54) is 0 Å². The van der Waals surface area contributed by atoms with Crippen LogP contribution in [0.3, 0.4) is 0 Å². The van der Waals surface area contributed by atoms with E-state index >= 15 is 0 Å². The number of rotatable bonds is 6. The minimum atomic E-state index is -0.188. The number of oxazole rings is 1. The first-order valence-corrected chi connectivity index (χ1v) is 9.19. The normalized spacial score (nSPS) is 16.6. The van der Waals surface area contributed by atoms with E-state index in [2.05, 4.69) is 29.0 Å². The van der Waals surface area contributed by atoms with Gasteiger partial charge in [-0.2, -0.15) is 0 Å². The van der Waals surface area contributed by atoms with Crippen molar-refractivity contribution in [1.82, 2.24) is 15.2 Å². The lowest BCUT2D eigenvalue weighted by atomic mass is 10.0.